The molecule has 0 aliphatic heterocycles. The average molecular weight is 365 g/mol. The summed E-state index contributed by atoms with van der Waals surface area (Å²) in [5.41, 5.74) is 1.73. The lowest BCUT2D eigenvalue weighted by Gasteiger charge is -2.16. The van der Waals surface area contributed by atoms with Gasteiger partial charge in [0.1, 0.15) is 23.9 Å². The summed E-state index contributed by atoms with van der Waals surface area (Å²) in [6.07, 6.45) is 0.0878. The van der Waals surface area contributed by atoms with E-state index in [-0.39, 0.29) is 6.61 Å². The second-order valence-electron chi connectivity index (χ2n) is 5.13. The number of ether oxygens (including phenoxy) is 4. The molecule has 5 nitrogen and oxygen atoms in total. The van der Waals surface area contributed by atoms with E-state index >= 15 is 0 Å². The lowest BCUT2D eigenvalue weighted by atomic mass is 10.1. The largest absolute Gasteiger partial charge is 0.513 e. The van der Waals surface area contributed by atoms with Crippen LogP contribution < -0.4 is 14.2 Å². The predicted molar refractivity (Wildman–Crippen MR) is 95.8 cm³/mol. The van der Waals surface area contributed by atoms with E-state index in [9.17, 15) is 4.79 Å². The van der Waals surface area contributed by atoms with Crippen molar-refractivity contribution in [3.63, 3.8) is 0 Å². The van der Waals surface area contributed by atoms with Crippen LogP contribution in [0.2, 0.25) is 5.02 Å². The second kappa shape index (κ2) is 9.18. The molecule has 0 fully saturated rings. The van der Waals surface area contributed by atoms with Crippen molar-refractivity contribution in [3.8, 4) is 17.2 Å². The van der Waals surface area contributed by atoms with Gasteiger partial charge in [0, 0.05) is 0 Å². The molecule has 2 aromatic carbocycles. The Balaban J connectivity index is 2.25. The van der Waals surface area contributed by atoms with Crippen LogP contribution >= 0.6 is 11.6 Å². The summed E-state index contributed by atoms with van der Waals surface area (Å²) in [4.78, 5) is 11.5. The fraction of sp³-hybridized carbons (Fsp3) is 0.316. The third-order valence-corrected chi connectivity index (χ3v) is 3.82. The maximum atomic E-state index is 11.5. The van der Waals surface area contributed by atoms with E-state index in [4.69, 9.17) is 25.8 Å². The van der Waals surface area contributed by atoms with E-state index < -0.39 is 6.16 Å². The zero-order valence-corrected chi connectivity index (χ0v) is 15.3. The van der Waals surface area contributed by atoms with Crippen LogP contribution in [0, 0.1) is 0 Å². The first-order valence-corrected chi connectivity index (χ1v) is 8.38. The van der Waals surface area contributed by atoms with Gasteiger partial charge < -0.3 is 18.9 Å². The van der Waals surface area contributed by atoms with Crippen molar-refractivity contribution in [2.75, 3.05) is 13.7 Å². The molecule has 0 aromatic heterocycles. The van der Waals surface area contributed by atoms with Gasteiger partial charge in [0.15, 0.2) is 0 Å². The summed E-state index contributed by atoms with van der Waals surface area (Å²) >= 11 is 6.26. The highest BCUT2D eigenvalue weighted by Crippen LogP contribution is 2.32. The topological polar surface area (TPSA) is 54.0 Å². The lowest BCUT2D eigenvalue weighted by Crippen LogP contribution is -2.11. The van der Waals surface area contributed by atoms with Gasteiger partial charge in [-0.2, -0.15) is 0 Å². The van der Waals surface area contributed by atoms with E-state index in [0.717, 1.165) is 12.0 Å². The molecule has 0 saturated carbocycles. The minimum absolute atomic E-state index is 0.133. The highest BCUT2D eigenvalue weighted by atomic mass is 35.5. The smallest absolute Gasteiger partial charge is 0.493 e. The Morgan fingerprint density at radius 2 is 1.80 bits per heavy atom. The number of carbonyl (C=O) groups excluding carboxylic acids is 1. The van der Waals surface area contributed by atoms with E-state index in [2.05, 4.69) is 11.7 Å². The second-order valence-corrected chi connectivity index (χ2v) is 5.54. The van der Waals surface area contributed by atoms with E-state index in [1.54, 1.807) is 18.2 Å². The first-order chi connectivity index (χ1) is 12.1. The van der Waals surface area contributed by atoms with Crippen LogP contribution in [-0.4, -0.2) is 19.9 Å². The Hall–Kier alpha value is -2.40. The monoisotopic (exact) mass is 364 g/mol. The molecule has 0 amide bonds. The quantitative estimate of drug-likeness (QED) is 0.509. The zero-order chi connectivity index (χ0) is 18.2. The van der Waals surface area contributed by atoms with Gasteiger partial charge >= 0.3 is 6.16 Å². The van der Waals surface area contributed by atoms with Crippen molar-refractivity contribution in [1.29, 1.82) is 0 Å². The van der Waals surface area contributed by atoms with Gasteiger partial charge in [0.05, 0.1) is 24.3 Å². The van der Waals surface area contributed by atoms with Crippen LogP contribution in [0.3, 0.4) is 0 Å². The fourth-order valence-electron chi connectivity index (χ4n) is 2.24. The van der Waals surface area contributed by atoms with E-state index in [0.29, 0.717) is 34.4 Å². The Kier molecular flexibility index (Phi) is 6.95. The molecule has 0 radical (unpaired) electrons. The first kappa shape index (κ1) is 18.9. The summed E-state index contributed by atoms with van der Waals surface area (Å²) in [6, 6.07) is 10.8. The van der Waals surface area contributed by atoms with Crippen molar-refractivity contribution in [3.05, 3.63) is 52.5 Å². The molecule has 25 heavy (non-hydrogen) atoms. The molecule has 0 unspecified atom stereocenters. The summed E-state index contributed by atoms with van der Waals surface area (Å²) in [7, 11) is 1.25. The van der Waals surface area contributed by atoms with Crippen LogP contribution in [0.15, 0.2) is 36.4 Å². The third-order valence-electron chi connectivity index (χ3n) is 3.53. The standard InChI is InChI=1S/C19H21ClO5/c1-4-13-9-10-18(15(20)11-13)24-12-14-16(23-5-2)7-6-8-17(14)25-19(21)22-3/h6-11H,4-5,12H2,1-3H3. The highest BCUT2D eigenvalue weighted by molar-refractivity contribution is 6.32. The molecule has 2 rings (SSSR count). The SMILES string of the molecule is CCOc1cccc(OC(=O)OC)c1COc1ccc(CC)cc1Cl. The van der Waals surface area contributed by atoms with Crippen molar-refractivity contribution in [2.24, 2.45) is 0 Å². The van der Waals surface area contributed by atoms with Crippen LogP contribution in [-0.2, 0) is 17.8 Å². The number of hydrogen-bond donors (Lipinski definition) is 0. The highest BCUT2D eigenvalue weighted by Gasteiger charge is 2.16. The molecule has 0 aliphatic rings. The van der Waals surface area contributed by atoms with Gasteiger partial charge in [0.25, 0.3) is 0 Å². The summed E-state index contributed by atoms with van der Waals surface area (Å²) in [5, 5.41) is 0.531. The van der Waals surface area contributed by atoms with Crippen molar-refractivity contribution in [2.45, 2.75) is 26.9 Å². The van der Waals surface area contributed by atoms with Crippen molar-refractivity contribution >= 4 is 17.8 Å². The molecule has 0 aliphatic carbocycles. The van der Waals surface area contributed by atoms with Crippen molar-refractivity contribution in [1.82, 2.24) is 0 Å². The maximum absolute atomic E-state index is 11.5. The van der Waals surface area contributed by atoms with Crippen molar-refractivity contribution < 1.29 is 23.7 Å². The number of methoxy groups -OCH3 is 1. The Bertz CT molecular complexity index is 730. The maximum Gasteiger partial charge on any atom is 0.513 e. The summed E-state index contributed by atoms with van der Waals surface area (Å²) in [6.45, 7) is 4.54. The molecule has 0 bridgehead atoms. The van der Waals surface area contributed by atoms with E-state index in [1.807, 2.05) is 25.1 Å². The van der Waals surface area contributed by atoms with Crippen LogP contribution in [0.4, 0.5) is 4.79 Å². The number of hydrogen-bond acceptors (Lipinski definition) is 5. The fourth-order valence-corrected chi connectivity index (χ4v) is 2.49. The number of benzene rings is 2. The third kappa shape index (κ3) is 5.03. The number of aryl methyl sites for hydroxylation is 1. The average Bonchev–Trinajstić information content (AvgIpc) is 2.62. The van der Waals surface area contributed by atoms with Gasteiger partial charge in [-0.05, 0) is 43.2 Å². The Morgan fingerprint density at radius 3 is 2.44 bits per heavy atom. The molecular formula is C19H21ClO5. The van der Waals surface area contributed by atoms with Gasteiger partial charge in [-0.15, -0.1) is 0 Å². The molecule has 6 heteroatoms. The normalized spacial score (nSPS) is 10.2. The Morgan fingerprint density at radius 1 is 1.04 bits per heavy atom. The van der Waals surface area contributed by atoms with Gasteiger partial charge in [-0.3, -0.25) is 0 Å². The molecule has 0 spiro atoms. The molecule has 0 heterocycles. The summed E-state index contributed by atoms with van der Waals surface area (Å²) < 4.78 is 21.2. The number of carbonyl (C=O) groups is 1. The van der Waals surface area contributed by atoms with Gasteiger partial charge in [0.2, 0.25) is 0 Å². The number of rotatable bonds is 7. The lowest BCUT2D eigenvalue weighted by molar-refractivity contribution is 0.120. The molecule has 0 atom stereocenters. The van der Waals surface area contributed by atoms with Gasteiger partial charge in [-0.25, -0.2) is 4.79 Å². The molecule has 0 N–H and O–H groups in total. The minimum Gasteiger partial charge on any atom is -0.493 e. The van der Waals surface area contributed by atoms with Crippen LogP contribution in [0.1, 0.15) is 25.0 Å². The van der Waals surface area contributed by atoms with E-state index in [1.165, 1.54) is 7.11 Å². The molecule has 0 saturated heterocycles. The molecule has 2 aromatic rings. The minimum atomic E-state index is -0.805. The molecule has 134 valence electrons. The predicted octanol–water partition coefficient (Wildman–Crippen LogP) is 5.03. The summed E-state index contributed by atoms with van der Waals surface area (Å²) in [5.74, 6) is 1.44. The van der Waals surface area contributed by atoms with Gasteiger partial charge in [-0.1, -0.05) is 30.7 Å². The molecular weight excluding hydrogens is 344 g/mol. The Labute approximate surface area is 152 Å². The first-order valence-electron chi connectivity index (χ1n) is 8.00. The van der Waals surface area contributed by atoms with Crippen LogP contribution in [0.5, 0.6) is 17.2 Å². The number of halogens is 1. The van der Waals surface area contributed by atoms with Crippen LogP contribution in [0.25, 0.3) is 0 Å². The zero-order valence-electron chi connectivity index (χ0n) is 14.5.